The molecule has 0 spiro atoms. The summed E-state index contributed by atoms with van der Waals surface area (Å²) >= 11 is 0. The van der Waals surface area contributed by atoms with Crippen LogP contribution in [0.4, 0.5) is 0 Å². The monoisotopic (exact) mass is 753 g/mol. The van der Waals surface area contributed by atoms with E-state index in [9.17, 15) is 14.4 Å². The van der Waals surface area contributed by atoms with Crippen LogP contribution in [-0.2, 0) is 28.6 Å². The maximum Gasteiger partial charge on any atom is 0.306 e. The maximum absolute atomic E-state index is 12.7. The van der Waals surface area contributed by atoms with E-state index >= 15 is 0 Å². The molecule has 0 aliphatic heterocycles. The molecular formula is C48H80O6. The smallest absolute Gasteiger partial charge is 0.306 e. The summed E-state index contributed by atoms with van der Waals surface area (Å²) in [4.78, 5) is 37.7. The third-order valence-corrected chi connectivity index (χ3v) is 9.08. The molecule has 6 heteroatoms. The van der Waals surface area contributed by atoms with Crippen LogP contribution in [0, 0.1) is 0 Å². The van der Waals surface area contributed by atoms with Gasteiger partial charge in [-0.05, 0) is 57.8 Å². The zero-order chi connectivity index (χ0) is 39.4. The highest BCUT2D eigenvalue weighted by Crippen LogP contribution is 2.13. The zero-order valence-corrected chi connectivity index (χ0v) is 35.0. The van der Waals surface area contributed by atoms with Crippen LogP contribution in [0.5, 0.6) is 0 Å². The van der Waals surface area contributed by atoms with Crippen molar-refractivity contribution in [2.24, 2.45) is 0 Å². The molecule has 0 saturated heterocycles. The number of hydrogen-bond acceptors (Lipinski definition) is 6. The minimum absolute atomic E-state index is 0.0904. The lowest BCUT2D eigenvalue weighted by Gasteiger charge is -2.18. The molecule has 308 valence electrons. The van der Waals surface area contributed by atoms with Gasteiger partial charge in [0, 0.05) is 19.3 Å². The Morgan fingerprint density at radius 1 is 0.389 bits per heavy atom. The normalized spacial score (nSPS) is 12.7. The van der Waals surface area contributed by atoms with Gasteiger partial charge in [0.1, 0.15) is 13.2 Å². The molecule has 0 aromatic rings. The Bertz CT molecular complexity index is 1050. The SMILES string of the molecule is CC\C=C/C=C\C=C/CCCCCCCC(=O)OCC(COC(=O)CCCCCCCCCCCC)OC(=O)CCCCCCC\C=C/C=C\C=C/CC. The van der Waals surface area contributed by atoms with E-state index in [2.05, 4.69) is 87.6 Å². The van der Waals surface area contributed by atoms with Crippen molar-refractivity contribution in [2.75, 3.05) is 13.2 Å². The molecule has 0 fully saturated rings. The van der Waals surface area contributed by atoms with Crippen LogP contribution in [0.25, 0.3) is 0 Å². The van der Waals surface area contributed by atoms with Crippen molar-refractivity contribution in [1.82, 2.24) is 0 Å². The van der Waals surface area contributed by atoms with Gasteiger partial charge in [-0.1, -0.05) is 190 Å². The Hall–Kier alpha value is -3.15. The summed E-state index contributed by atoms with van der Waals surface area (Å²) in [5.74, 6) is -0.941. The summed E-state index contributed by atoms with van der Waals surface area (Å²) in [6.45, 7) is 6.30. The maximum atomic E-state index is 12.7. The molecule has 0 heterocycles. The quantitative estimate of drug-likeness (QED) is 0.0270. The second-order valence-electron chi connectivity index (χ2n) is 14.3. The fourth-order valence-electron chi connectivity index (χ4n) is 5.79. The highest BCUT2D eigenvalue weighted by molar-refractivity contribution is 5.71. The Kier molecular flexibility index (Phi) is 40.1. The van der Waals surface area contributed by atoms with Crippen LogP contribution in [0.1, 0.15) is 194 Å². The predicted octanol–water partition coefficient (Wildman–Crippen LogP) is 13.9. The van der Waals surface area contributed by atoms with Crippen molar-refractivity contribution in [1.29, 1.82) is 0 Å². The Morgan fingerprint density at radius 2 is 0.722 bits per heavy atom. The summed E-state index contributed by atoms with van der Waals surface area (Å²) in [6, 6.07) is 0. The summed E-state index contributed by atoms with van der Waals surface area (Å²) in [7, 11) is 0. The number of esters is 3. The molecule has 0 amide bonds. The number of unbranched alkanes of at least 4 members (excludes halogenated alkanes) is 19. The van der Waals surface area contributed by atoms with Crippen LogP contribution in [-0.4, -0.2) is 37.2 Å². The molecule has 0 aromatic carbocycles. The predicted molar refractivity (Wildman–Crippen MR) is 228 cm³/mol. The molecule has 0 N–H and O–H groups in total. The van der Waals surface area contributed by atoms with Gasteiger partial charge in [0.15, 0.2) is 6.10 Å². The fraction of sp³-hybridized carbons (Fsp3) is 0.688. The number of ether oxygens (including phenoxy) is 3. The minimum Gasteiger partial charge on any atom is -0.462 e. The third kappa shape index (κ3) is 40.0. The van der Waals surface area contributed by atoms with Crippen molar-refractivity contribution < 1.29 is 28.6 Å². The van der Waals surface area contributed by atoms with Gasteiger partial charge < -0.3 is 14.2 Å². The number of hydrogen-bond donors (Lipinski definition) is 0. The van der Waals surface area contributed by atoms with Crippen LogP contribution < -0.4 is 0 Å². The second kappa shape index (κ2) is 42.6. The Morgan fingerprint density at radius 3 is 1.11 bits per heavy atom. The van der Waals surface area contributed by atoms with Crippen molar-refractivity contribution in [2.45, 2.75) is 200 Å². The van der Waals surface area contributed by atoms with E-state index in [0.717, 1.165) is 109 Å². The molecule has 6 nitrogen and oxygen atoms in total. The molecule has 0 aromatic heterocycles. The van der Waals surface area contributed by atoms with Crippen LogP contribution in [0.15, 0.2) is 72.9 Å². The second-order valence-corrected chi connectivity index (χ2v) is 14.3. The third-order valence-electron chi connectivity index (χ3n) is 9.08. The van der Waals surface area contributed by atoms with E-state index in [-0.39, 0.29) is 31.1 Å². The molecular weight excluding hydrogens is 673 g/mol. The molecule has 1 unspecified atom stereocenters. The van der Waals surface area contributed by atoms with Gasteiger partial charge in [-0.25, -0.2) is 0 Å². The van der Waals surface area contributed by atoms with E-state index in [1.165, 1.54) is 44.9 Å². The lowest BCUT2D eigenvalue weighted by atomic mass is 10.1. The minimum atomic E-state index is -0.790. The van der Waals surface area contributed by atoms with Gasteiger partial charge in [0.2, 0.25) is 0 Å². The highest BCUT2D eigenvalue weighted by Gasteiger charge is 2.19. The first-order valence-electron chi connectivity index (χ1n) is 22.0. The Labute approximate surface area is 332 Å². The number of carbonyl (C=O) groups excluding carboxylic acids is 3. The molecule has 0 aliphatic rings. The van der Waals surface area contributed by atoms with Crippen LogP contribution >= 0.6 is 0 Å². The lowest BCUT2D eigenvalue weighted by molar-refractivity contribution is -0.167. The van der Waals surface area contributed by atoms with E-state index in [0.29, 0.717) is 19.3 Å². The van der Waals surface area contributed by atoms with E-state index in [1.54, 1.807) is 0 Å². The molecule has 0 saturated carbocycles. The molecule has 0 rings (SSSR count). The van der Waals surface area contributed by atoms with E-state index < -0.39 is 6.10 Å². The first-order chi connectivity index (χ1) is 26.5. The lowest BCUT2D eigenvalue weighted by Crippen LogP contribution is -2.30. The van der Waals surface area contributed by atoms with Crippen LogP contribution in [0.2, 0.25) is 0 Å². The average molecular weight is 753 g/mol. The summed E-state index contributed by atoms with van der Waals surface area (Å²) in [6.07, 6.45) is 51.7. The number of allylic oxidation sites excluding steroid dienone is 12. The summed E-state index contributed by atoms with van der Waals surface area (Å²) in [5, 5.41) is 0. The fourth-order valence-corrected chi connectivity index (χ4v) is 5.79. The van der Waals surface area contributed by atoms with Gasteiger partial charge in [0.05, 0.1) is 0 Å². The van der Waals surface area contributed by atoms with Crippen LogP contribution in [0.3, 0.4) is 0 Å². The molecule has 0 aliphatic carbocycles. The Balaban J connectivity index is 4.45. The van der Waals surface area contributed by atoms with Gasteiger partial charge in [-0.15, -0.1) is 0 Å². The number of rotatable bonds is 38. The average Bonchev–Trinajstić information content (AvgIpc) is 3.17. The van der Waals surface area contributed by atoms with Gasteiger partial charge >= 0.3 is 17.9 Å². The van der Waals surface area contributed by atoms with Gasteiger partial charge in [0.25, 0.3) is 0 Å². The molecule has 54 heavy (non-hydrogen) atoms. The summed E-state index contributed by atoms with van der Waals surface area (Å²) < 4.78 is 16.6. The largest absolute Gasteiger partial charge is 0.462 e. The van der Waals surface area contributed by atoms with Crippen molar-refractivity contribution in [3.8, 4) is 0 Å². The van der Waals surface area contributed by atoms with Crippen molar-refractivity contribution >= 4 is 17.9 Å². The van der Waals surface area contributed by atoms with Gasteiger partial charge in [-0.3, -0.25) is 14.4 Å². The molecule has 1 atom stereocenters. The zero-order valence-electron chi connectivity index (χ0n) is 35.0. The molecule has 0 radical (unpaired) electrons. The van der Waals surface area contributed by atoms with E-state index in [1.807, 2.05) is 6.08 Å². The highest BCUT2D eigenvalue weighted by atomic mass is 16.6. The first-order valence-corrected chi connectivity index (χ1v) is 22.0. The van der Waals surface area contributed by atoms with Crippen molar-refractivity contribution in [3.05, 3.63) is 72.9 Å². The van der Waals surface area contributed by atoms with Gasteiger partial charge in [-0.2, -0.15) is 0 Å². The first kappa shape index (κ1) is 50.9. The molecule has 0 bridgehead atoms. The summed E-state index contributed by atoms with van der Waals surface area (Å²) in [5.41, 5.74) is 0. The number of carbonyl (C=O) groups is 3. The topological polar surface area (TPSA) is 78.9 Å². The van der Waals surface area contributed by atoms with Crippen molar-refractivity contribution in [3.63, 3.8) is 0 Å². The van der Waals surface area contributed by atoms with E-state index in [4.69, 9.17) is 14.2 Å². The standard InChI is InChI=1S/C48H80O6/c1-4-7-10-13-16-19-22-24-26-29-32-35-38-41-47(50)53-44-45(43-52-46(49)40-37-34-31-28-21-18-15-12-9-6-3)54-48(51)42-39-36-33-30-27-25-23-20-17-14-11-8-5-2/h7-8,10-11,13-14,16-17,19-20,22-23,45H,4-6,9,12,15,18,21,24-44H2,1-3H3/b10-7-,11-8-,16-13-,17-14-,22-19-,23-20-.